The quantitative estimate of drug-likeness (QED) is 0.842. The van der Waals surface area contributed by atoms with Crippen LogP contribution in [0, 0.1) is 20.8 Å². The van der Waals surface area contributed by atoms with Crippen LogP contribution in [0.3, 0.4) is 0 Å². The minimum Gasteiger partial charge on any atom is -0.380 e. The topological polar surface area (TPSA) is 12.0 Å². The third-order valence-corrected chi connectivity index (χ3v) is 3.77. The molecule has 1 N–H and O–H groups in total. The van der Waals surface area contributed by atoms with E-state index in [0.717, 1.165) is 11.0 Å². The molecule has 18 heavy (non-hydrogen) atoms. The molecule has 0 aromatic heterocycles. The van der Waals surface area contributed by atoms with Crippen molar-refractivity contribution in [3.63, 3.8) is 0 Å². The highest BCUT2D eigenvalue weighted by atomic mass is 79.9. The van der Waals surface area contributed by atoms with E-state index in [-0.39, 0.29) is 0 Å². The number of aryl methyl sites for hydroxylation is 3. The second kappa shape index (κ2) is 5.57. The van der Waals surface area contributed by atoms with E-state index >= 15 is 0 Å². The zero-order valence-electron chi connectivity index (χ0n) is 11.0. The maximum Gasteiger partial charge on any atom is 0.0517 e. The van der Waals surface area contributed by atoms with Gasteiger partial charge < -0.3 is 5.32 Å². The van der Waals surface area contributed by atoms with Gasteiger partial charge in [-0.3, -0.25) is 0 Å². The van der Waals surface area contributed by atoms with Crippen LogP contribution in [-0.2, 0) is 6.54 Å². The predicted molar refractivity (Wildman–Crippen MR) is 82.1 cm³/mol. The van der Waals surface area contributed by atoms with Crippen molar-refractivity contribution < 1.29 is 0 Å². The van der Waals surface area contributed by atoms with Gasteiger partial charge in [0.05, 0.1) is 5.69 Å². The van der Waals surface area contributed by atoms with Gasteiger partial charge in [0.1, 0.15) is 0 Å². The number of rotatable bonds is 3. The number of hydrogen-bond donors (Lipinski definition) is 1. The van der Waals surface area contributed by atoms with Crippen LogP contribution in [-0.4, -0.2) is 0 Å². The highest BCUT2D eigenvalue weighted by molar-refractivity contribution is 9.10. The molecule has 0 bridgehead atoms. The summed E-state index contributed by atoms with van der Waals surface area (Å²) in [6.07, 6.45) is 0. The Morgan fingerprint density at radius 3 is 2.39 bits per heavy atom. The van der Waals surface area contributed by atoms with Crippen molar-refractivity contribution in [3.8, 4) is 0 Å². The van der Waals surface area contributed by atoms with Crippen LogP contribution in [0.2, 0.25) is 0 Å². The first-order valence-electron chi connectivity index (χ1n) is 6.13. The normalized spacial score (nSPS) is 10.4. The van der Waals surface area contributed by atoms with Crippen molar-refractivity contribution in [2.75, 3.05) is 5.32 Å². The lowest BCUT2D eigenvalue weighted by molar-refractivity contribution is 1.11. The van der Waals surface area contributed by atoms with Gasteiger partial charge in [-0.05, 0) is 65.0 Å². The molecule has 0 aliphatic heterocycles. The molecule has 0 spiro atoms. The zero-order valence-corrected chi connectivity index (χ0v) is 12.6. The third kappa shape index (κ3) is 2.94. The Morgan fingerprint density at radius 2 is 1.72 bits per heavy atom. The Bertz CT molecular complexity index is 538. The van der Waals surface area contributed by atoms with Gasteiger partial charge in [-0.25, -0.2) is 0 Å². The van der Waals surface area contributed by atoms with Gasteiger partial charge in [0.2, 0.25) is 0 Å². The first-order chi connectivity index (χ1) is 8.58. The molecule has 0 fully saturated rings. The summed E-state index contributed by atoms with van der Waals surface area (Å²) >= 11 is 3.63. The van der Waals surface area contributed by atoms with E-state index in [4.69, 9.17) is 0 Å². The molecule has 0 atom stereocenters. The van der Waals surface area contributed by atoms with Crippen molar-refractivity contribution in [2.45, 2.75) is 27.3 Å². The van der Waals surface area contributed by atoms with Gasteiger partial charge in [-0.2, -0.15) is 0 Å². The summed E-state index contributed by atoms with van der Waals surface area (Å²) in [4.78, 5) is 0. The van der Waals surface area contributed by atoms with Crippen molar-refractivity contribution in [1.29, 1.82) is 0 Å². The highest BCUT2D eigenvalue weighted by Gasteiger charge is 2.05. The van der Waals surface area contributed by atoms with E-state index in [9.17, 15) is 0 Å². The van der Waals surface area contributed by atoms with E-state index in [2.05, 4.69) is 78.4 Å². The van der Waals surface area contributed by atoms with Crippen LogP contribution in [0.4, 0.5) is 5.69 Å². The summed E-state index contributed by atoms with van der Waals surface area (Å²) in [6, 6.07) is 12.8. The number of nitrogens with one attached hydrogen (secondary N) is 1. The van der Waals surface area contributed by atoms with Crippen molar-refractivity contribution >= 4 is 21.6 Å². The molecule has 0 radical (unpaired) electrons. The van der Waals surface area contributed by atoms with Crippen LogP contribution >= 0.6 is 15.9 Å². The van der Waals surface area contributed by atoms with Crippen molar-refractivity contribution in [1.82, 2.24) is 0 Å². The third-order valence-electron chi connectivity index (χ3n) is 3.15. The lowest BCUT2D eigenvalue weighted by Gasteiger charge is -2.14. The van der Waals surface area contributed by atoms with Crippen LogP contribution < -0.4 is 5.32 Å². The second-order valence-corrected chi connectivity index (χ2v) is 5.57. The summed E-state index contributed by atoms with van der Waals surface area (Å²) in [5.41, 5.74) is 6.40. The summed E-state index contributed by atoms with van der Waals surface area (Å²) in [6.45, 7) is 7.25. The van der Waals surface area contributed by atoms with E-state index in [1.807, 2.05) is 0 Å². The smallest absolute Gasteiger partial charge is 0.0517 e. The van der Waals surface area contributed by atoms with E-state index < -0.39 is 0 Å². The maximum atomic E-state index is 3.63. The molecule has 0 amide bonds. The van der Waals surface area contributed by atoms with Crippen LogP contribution in [0.5, 0.6) is 0 Å². The van der Waals surface area contributed by atoms with Gasteiger partial charge in [0.15, 0.2) is 0 Å². The molecular weight excluding hydrogens is 286 g/mol. The fourth-order valence-electron chi connectivity index (χ4n) is 2.13. The molecule has 0 aliphatic rings. The fraction of sp³-hybridized carbons (Fsp3) is 0.250. The molecule has 2 heteroatoms. The van der Waals surface area contributed by atoms with Gasteiger partial charge in [0, 0.05) is 11.0 Å². The average molecular weight is 304 g/mol. The number of halogens is 1. The number of hydrogen-bond acceptors (Lipinski definition) is 1. The summed E-state index contributed by atoms with van der Waals surface area (Å²) in [7, 11) is 0. The van der Waals surface area contributed by atoms with Crippen LogP contribution in [0.1, 0.15) is 22.3 Å². The van der Waals surface area contributed by atoms with Crippen LogP contribution in [0.25, 0.3) is 0 Å². The zero-order chi connectivity index (χ0) is 13.1. The molecule has 0 heterocycles. The lowest BCUT2D eigenvalue weighted by atomic mass is 10.1. The average Bonchev–Trinajstić information content (AvgIpc) is 2.30. The van der Waals surface area contributed by atoms with Gasteiger partial charge in [-0.15, -0.1) is 0 Å². The minimum absolute atomic E-state index is 0.856. The van der Waals surface area contributed by atoms with E-state index in [0.29, 0.717) is 0 Å². The largest absolute Gasteiger partial charge is 0.380 e. The first kappa shape index (κ1) is 13.2. The Labute approximate surface area is 117 Å². The Hall–Kier alpha value is -1.28. The second-order valence-electron chi connectivity index (χ2n) is 4.72. The standard InChI is InChI=1S/C16H18BrN/c1-11-8-13(3)16(15(17)9-11)18-10-14-7-5-4-6-12(14)2/h4-9,18H,10H2,1-3H3. The number of anilines is 1. The molecule has 0 saturated carbocycles. The maximum absolute atomic E-state index is 3.63. The number of benzene rings is 2. The summed E-state index contributed by atoms with van der Waals surface area (Å²) < 4.78 is 1.13. The lowest BCUT2D eigenvalue weighted by Crippen LogP contribution is -2.03. The van der Waals surface area contributed by atoms with Gasteiger partial charge >= 0.3 is 0 Å². The molecule has 1 nitrogen and oxygen atoms in total. The van der Waals surface area contributed by atoms with Gasteiger partial charge in [-0.1, -0.05) is 30.3 Å². The molecule has 2 aromatic carbocycles. The summed E-state index contributed by atoms with van der Waals surface area (Å²) in [5, 5.41) is 3.52. The SMILES string of the molecule is Cc1cc(C)c(NCc2ccccc2C)c(Br)c1. The monoisotopic (exact) mass is 303 g/mol. The molecular formula is C16H18BrN. The predicted octanol–water partition coefficient (Wildman–Crippen LogP) is 4.99. The molecule has 2 aromatic rings. The molecule has 2 rings (SSSR count). The Balaban J connectivity index is 2.19. The molecule has 0 aliphatic carbocycles. The van der Waals surface area contributed by atoms with Crippen molar-refractivity contribution in [3.05, 3.63) is 63.1 Å². The summed E-state index contributed by atoms with van der Waals surface area (Å²) in [5.74, 6) is 0. The van der Waals surface area contributed by atoms with Crippen molar-refractivity contribution in [2.24, 2.45) is 0 Å². The van der Waals surface area contributed by atoms with Crippen LogP contribution in [0.15, 0.2) is 40.9 Å². The first-order valence-corrected chi connectivity index (χ1v) is 6.92. The van der Waals surface area contributed by atoms with E-state index in [1.54, 1.807) is 0 Å². The Kier molecular flexibility index (Phi) is 4.07. The molecule has 0 saturated heterocycles. The Morgan fingerprint density at radius 1 is 1.00 bits per heavy atom. The molecule has 0 unspecified atom stereocenters. The minimum atomic E-state index is 0.856. The molecule has 94 valence electrons. The van der Waals surface area contributed by atoms with E-state index in [1.165, 1.54) is 27.9 Å². The highest BCUT2D eigenvalue weighted by Crippen LogP contribution is 2.28. The fourth-order valence-corrected chi connectivity index (χ4v) is 2.95. The van der Waals surface area contributed by atoms with Gasteiger partial charge in [0.25, 0.3) is 0 Å².